The molecule has 4 rings (SSSR count). The Kier molecular flexibility index (Phi) is 10.5. The van der Waals surface area contributed by atoms with Crippen LogP contribution < -0.4 is 32.6 Å². The van der Waals surface area contributed by atoms with Crippen molar-refractivity contribution in [1.29, 1.82) is 0 Å². The lowest BCUT2D eigenvalue weighted by Gasteiger charge is -2.35. The lowest BCUT2D eigenvalue weighted by Crippen LogP contribution is -2.45. The van der Waals surface area contributed by atoms with Crippen LogP contribution in [0.15, 0.2) is 29.1 Å². The number of carboxylic acid groups (broad SMARTS) is 2. The number of rotatable bonds is 12. The number of nitrogen functional groups attached to an aromatic ring is 1. The number of carboxylic acids is 2. The summed E-state index contributed by atoms with van der Waals surface area (Å²) in [5.74, 6) is -5.09. The van der Waals surface area contributed by atoms with Gasteiger partial charge in [0.15, 0.2) is 11.7 Å². The number of aromatic nitrogens is 2. The fourth-order valence-electron chi connectivity index (χ4n) is 5.81. The second kappa shape index (κ2) is 14.3. The number of aliphatic carboxylic acids is 2. The first kappa shape index (κ1) is 33.1. The molecular weight excluding hydrogens is 586 g/mol. The van der Waals surface area contributed by atoms with E-state index in [0.717, 1.165) is 6.42 Å². The molecule has 15 heteroatoms. The molecule has 6 atom stereocenters. The Balaban J connectivity index is 1.32. The van der Waals surface area contributed by atoms with E-state index in [4.69, 9.17) is 10.5 Å². The average molecular weight is 628 g/mol. The van der Waals surface area contributed by atoms with E-state index in [2.05, 4.69) is 52.0 Å². The van der Waals surface area contributed by atoms with E-state index < -0.39 is 53.9 Å². The fraction of sp³-hybridized carbons (Fsp3) is 0.533. The number of nitrogens with one attached hydrogen (secondary N) is 5. The third-order valence-corrected chi connectivity index (χ3v) is 8.32. The molecule has 1 aliphatic carbocycles. The molecule has 0 bridgehead atoms. The molecule has 0 radical (unpaired) electrons. The van der Waals surface area contributed by atoms with Crippen molar-refractivity contribution < 1.29 is 34.1 Å². The number of carbonyl (C=O) groups is 4. The van der Waals surface area contributed by atoms with Crippen LogP contribution in [0.2, 0.25) is 0 Å². The number of anilines is 4. The zero-order valence-electron chi connectivity index (χ0n) is 25.5. The number of benzene rings is 1. The summed E-state index contributed by atoms with van der Waals surface area (Å²) < 4.78 is 5.58. The van der Waals surface area contributed by atoms with Gasteiger partial charge in [-0.05, 0) is 61.3 Å². The summed E-state index contributed by atoms with van der Waals surface area (Å²) in [6.07, 6.45) is 1.12. The van der Waals surface area contributed by atoms with Crippen LogP contribution in [0.5, 0.6) is 0 Å². The third-order valence-electron chi connectivity index (χ3n) is 8.32. The van der Waals surface area contributed by atoms with Gasteiger partial charge in [0, 0.05) is 30.8 Å². The highest BCUT2D eigenvalue weighted by Crippen LogP contribution is 2.35. The number of ether oxygens (including phenoxy) is 1. The molecule has 1 aromatic heterocycles. The van der Waals surface area contributed by atoms with Gasteiger partial charge < -0.3 is 42.0 Å². The summed E-state index contributed by atoms with van der Waals surface area (Å²) in [6.45, 7) is 7.13. The number of nitrogens with two attached hydrogens (primary N) is 1. The molecule has 2 aliphatic rings. The van der Waals surface area contributed by atoms with Crippen molar-refractivity contribution in [1.82, 2.24) is 15.3 Å². The van der Waals surface area contributed by atoms with Gasteiger partial charge >= 0.3 is 17.9 Å². The molecule has 1 aromatic carbocycles. The Morgan fingerprint density at radius 3 is 2.44 bits per heavy atom. The molecule has 2 heterocycles. The Morgan fingerprint density at radius 2 is 1.80 bits per heavy atom. The van der Waals surface area contributed by atoms with E-state index in [1.165, 1.54) is 12.1 Å². The van der Waals surface area contributed by atoms with Crippen LogP contribution in [0.1, 0.15) is 56.8 Å². The summed E-state index contributed by atoms with van der Waals surface area (Å²) in [7, 11) is 0. The maximum absolute atomic E-state index is 12.9. The zero-order chi connectivity index (χ0) is 32.8. The molecule has 0 saturated heterocycles. The smallest absolute Gasteiger partial charge is 0.326 e. The van der Waals surface area contributed by atoms with Crippen molar-refractivity contribution >= 4 is 47.0 Å². The number of aromatic amines is 1. The number of hydrogen-bond donors (Lipinski definition) is 8. The van der Waals surface area contributed by atoms with Crippen LogP contribution in [0, 0.1) is 23.7 Å². The van der Waals surface area contributed by atoms with E-state index in [1.807, 2.05) is 0 Å². The number of fused-ring (bicyclic) bond motifs is 1. The Hall–Kier alpha value is -4.82. The summed E-state index contributed by atoms with van der Waals surface area (Å²) >= 11 is 0. The fourth-order valence-corrected chi connectivity index (χ4v) is 5.81. The van der Waals surface area contributed by atoms with Gasteiger partial charge in [0.05, 0.1) is 6.04 Å². The second-order valence-electron chi connectivity index (χ2n) is 12.2. The zero-order valence-corrected chi connectivity index (χ0v) is 25.5. The molecule has 45 heavy (non-hydrogen) atoms. The van der Waals surface area contributed by atoms with Crippen LogP contribution in [-0.2, 0) is 19.1 Å². The first-order chi connectivity index (χ1) is 21.3. The van der Waals surface area contributed by atoms with Crippen LogP contribution in [0.4, 0.5) is 23.1 Å². The predicted molar refractivity (Wildman–Crippen MR) is 166 cm³/mol. The van der Waals surface area contributed by atoms with E-state index in [0.29, 0.717) is 55.2 Å². The third kappa shape index (κ3) is 8.64. The molecule has 15 nitrogen and oxygen atoms in total. The summed E-state index contributed by atoms with van der Waals surface area (Å²) in [5, 5.41) is 31.2. The molecule has 1 saturated carbocycles. The van der Waals surface area contributed by atoms with Gasteiger partial charge in [-0.15, -0.1) is 0 Å². The van der Waals surface area contributed by atoms with Crippen LogP contribution in [0.25, 0.3) is 0 Å². The summed E-state index contributed by atoms with van der Waals surface area (Å²) in [5.41, 5.74) is 6.25. The van der Waals surface area contributed by atoms with Crippen molar-refractivity contribution in [2.24, 2.45) is 23.7 Å². The highest BCUT2D eigenvalue weighted by molar-refractivity contribution is 5.98. The van der Waals surface area contributed by atoms with E-state index in [-0.39, 0.29) is 23.2 Å². The van der Waals surface area contributed by atoms with Gasteiger partial charge in [0.25, 0.3) is 11.5 Å². The maximum atomic E-state index is 12.9. The Bertz CT molecular complexity index is 1460. The van der Waals surface area contributed by atoms with Crippen molar-refractivity contribution in [3.8, 4) is 0 Å². The van der Waals surface area contributed by atoms with Crippen molar-refractivity contribution in [3.05, 3.63) is 40.2 Å². The molecule has 1 amide bonds. The normalized spacial score (nSPS) is 22.1. The van der Waals surface area contributed by atoms with Gasteiger partial charge in [-0.3, -0.25) is 24.2 Å². The van der Waals surface area contributed by atoms with E-state index >= 15 is 0 Å². The first-order valence-electron chi connectivity index (χ1n) is 15.0. The maximum Gasteiger partial charge on any atom is 0.326 e. The number of H-pyrrole nitrogens is 1. The van der Waals surface area contributed by atoms with Gasteiger partial charge in [-0.25, -0.2) is 4.79 Å². The quantitative estimate of drug-likeness (QED) is 0.124. The highest BCUT2D eigenvalue weighted by Gasteiger charge is 2.38. The molecule has 1 fully saturated rings. The predicted octanol–water partition coefficient (Wildman–Crippen LogP) is 1.95. The van der Waals surface area contributed by atoms with Gasteiger partial charge in [0.2, 0.25) is 5.95 Å². The second-order valence-corrected chi connectivity index (χ2v) is 12.2. The Labute approximate surface area is 259 Å². The standard InChI is InChI=1S/C30H41N7O8/c1-14(2)17-8-15(3)9-20(10-17)45-29(44)21(27(40)41)11-22(28(42)43)35-25(38)16-4-6-18(7-5-16)32-12-19-13-33-24-23(34-19)26(39)37-30(31)36-24/h4-7,14-15,17,19-22,32,34H,8-13H2,1-3H3,(H,35,38)(H,40,41)(H,42,43)(H4,31,33,36,37,39)/t15?,17?,19-,20?,21?,22?/m0/s1. The largest absolute Gasteiger partial charge is 0.481 e. The first-order valence-corrected chi connectivity index (χ1v) is 15.0. The molecule has 9 N–H and O–H groups in total. The van der Waals surface area contributed by atoms with Crippen molar-refractivity contribution in [3.63, 3.8) is 0 Å². The Morgan fingerprint density at radius 1 is 1.09 bits per heavy atom. The van der Waals surface area contributed by atoms with Crippen LogP contribution in [0.3, 0.4) is 0 Å². The number of amides is 1. The lowest BCUT2D eigenvalue weighted by molar-refractivity contribution is -0.165. The molecular formula is C30H41N7O8. The average Bonchev–Trinajstić information content (AvgIpc) is 2.97. The lowest BCUT2D eigenvalue weighted by atomic mass is 9.75. The SMILES string of the molecule is CC1CC(OC(=O)C(CC(NC(=O)c2ccc(NC[C@H]3CNc4nc(N)[nH]c(=O)c4N3)cc2)C(=O)O)C(=O)O)CC(C(C)C)C1. The number of nitrogens with zero attached hydrogens (tertiary/aromatic N) is 1. The number of esters is 1. The minimum atomic E-state index is -1.76. The molecule has 244 valence electrons. The topological polar surface area (TPSA) is 238 Å². The van der Waals surface area contributed by atoms with E-state index in [1.54, 1.807) is 12.1 Å². The molecule has 1 aliphatic heterocycles. The van der Waals surface area contributed by atoms with Crippen molar-refractivity contribution in [2.75, 3.05) is 34.8 Å². The van der Waals surface area contributed by atoms with Crippen LogP contribution in [-0.4, -0.2) is 75.3 Å². The van der Waals surface area contributed by atoms with Crippen LogP contribution >= 0.6 is 0 Å². The number of carbonyl (C=O) groups excluding carboxylic acids is 2. The van der Waals surface area contributed by atoms with E-state index in [9.17, 15) is 34.2 Å². The minimum Gasteiger partial charge on any atom is -0.481 e. The molecule has 0 spiro atoms. The monoisotopic (exact) mass is 627 g/mol. The summed E-state index contributed by atoms with van der Waals surface area (Å²) in [6, 6.07) is 4.39. The number of hydrogen-bond acceptors (Lipinski definition) is 11. The van der Waals surface area contributed by atoms with Gasteiger partial charge in [-0.2, -0.15) is 4.98 Å². The molecule has 2 aromatic rings. The highest BCUT2D eigenvalue weighted by atomic mass is 16.5. The molecule has 5 unspecified atom stereocenters. The minimum absolute atomic E-state index is 0.0109. The van der Waals surface area contributed by atoms with Gasteiger partial charge in [-0.1, -0.05) is 20.8 Å². The summed E-state index contributed by atoms with van der Waals surface area (Å²) in [4.78, 5) is 68.4. The van der Waals surface area contributed by atoms with Crippen molar-refractivity contribution in [2.45, 2.75) is 64.6 Å². The van der Waals surface area contributed by atoms with Gasteiger partial charge in [0.1, 0.15) is 17.8 Å².